The van der Waals surface area contributed by atoms with Crippen molar-refractivity contribution in [1.82, 2.24) is 0 Å². The highest BCUT2D eigenvalue weighted by Crippen LogP contribution is 2.30. The van der Waals surface area contributed by atoms with Crippen LogP contribution in [0.2, 0.25) is 0 Å². The van der Waals surface area contributed by atoms with Crippen molar-refractivity contribution in [2.75, 3.05) is 29.5 Å². The molecule has 0 saturated carbocycles. The van der Waals surface area contributed by atoms with Gasteiger partial charge in [0, 0.05) is 29.4 Å². The lowest BCUT2D eigenvalue weighted by molar-refractivity contribution is 0.706. The molecule has 0 saturated heterocycles. The minimum Gasteiger partial charge on any atom is -0.398 e. The number of nitrogens with two attached hydrogens (primary N) is 1. The number of anilines is 2. The zero-order chi connectivity index (χ0) is 14.1. The SMILES string of the molecule is CCCCCCSc1cc(N(CC)CC)ccc1N. The molecular weight excluding hydrogens is 252 g/mol. The molecule has 0 aromatic heterocycles. The maximum absolute atomic E-state index is 6.07. The fraction of sp³-hybridized carbons (Fsp3) is 0.625. The smallest absolute Gasteiger partial charge is 0.0453 e. The summed E-state index contributed by atoms with van der Waals surface area (Å²) in [6.07, 6.45) is 5.26. The molecule has 0 aliphatic carbocycles. The fourth-order valence-corrected chi connectivity index (χ4v) is 3.15. The van der Waals surface area contributed by atoms with Gasteiger partial charge in [-0.15, -0.1) is 11.8 Å². The summed E-state index contributed by atoms with van der Waals surface area (Å²) in [5.41, 5.74) is 8.27. The minimum atomic E-state index is 0.913. The van der Waals surface area contributed by atoms with E-state index in [-0.39, 0.29) is 0 Å². The Morgan fingerprint density at radius 3 is 2.42 bits per heavy atom. The molecule has 0 heterocycles. The Labute approximate surface area is 122 Å². The highest BCUT2D eigenvalue weighted by Gasteiger charge is 2.06. The van der Waals surface area contributed by atoms with Crippen molar-refractivity contribution in [3.05, 3.63) is 18.2 Å². The first-order valence-electron chi connectivity index (χ1n) is 7.50. The Bertz CT molecular complexity index is 362. The van der Waals surface area contributed by atoms with Gasteiger partial charge in [0.25, 0.3) is 0 Å². The first-order valence-corrected chi connectivity index (χ1v) is 8.48. The van der Waals surface area contributed by atoms with Crippen LogP contribution in [-0.2, 0) is 0 Å². The van der Waals surface area contributed by atoms with E-state index >= 15 is 0 Å². The summed E-state index contributed by atoms with van der Waals surface area (Å²) in [5.74, 6) is 1.17. The molecule has 0 radical (unpaired) electrons. The van der Waals surface area contributed by atoms with E-state index in [9.17, 15) is 0 Å². The number of hydrogen-bond donors (Lipinski definition) is 1. The van der Waals surface area contributed by atoms with Crippen LogP contribution in [0.4, 0.5) is 11.4 Å². The summed E-state index contributed by atoms with van der Waals surface area (Å²) in [6, 6.07) is 6.42. The molecule has 0 unspecified atom stereocenters. The van der Waals surface area contributed by atoms with E-state index in [0.717, 1.165) is 18.8 Å². The van der Waals surface area contributed by atoms with Gasteiger partial charge >= 0.3 is 0 Å². The standard InChI is InChI=1S/C16H28N2S/c1-4-7-8-9-12-19-16-13-14(10-11-15(16)17)18(5-2)6-3/h10-11,13H,4-9,12,17H2,1-3H3. The van der Waals surface area contributed by atoms with Crippen molar-refractivity contribution < 1.29 is 0 Å². The first kappa shape index (κ1) is 16.2. The van der Waals surface area contributed by atoms with Crippen LogP contribution in [0.1, 0.15) is 46.5 Å². The number of thioether (sulfide) groups is 1. The second kappa shape index (κ2) is 9.13. The third-order valence-electron chi connectivity index (χ3n) is 3.38. The monoisotopic (exact) mass is 280 g/mol. The van der Waals surface area contributed by atoms with Crippen LogP contribution in [-0.4, -0.2) is 18.8 Å². The Hall–Kier alpha value is -0.830. The van der Waals surface area contributed by atoms with Crippen molar-refractivity contribution >= 4 is 23.1 Å². The van der Waals surface area contributed by atoms with E-state index < -0.39 is 0 Å². The van der Waals surface area contributed by atoms with Crippen LogP contribution in [0.3, 0.4) is 0 Å². The average molecular weight is 280 g/mol. The van der Waals surface area contributed by atoms with Crippen molar-refractivity contribution in [1.29, 1.82) is 0 Å². The zero-order valence-electron chi connectivity index (χ0n) is 12.6. The van der Waals surface area contributed by atoms with E-state index in [0.29, 0.717) is 0 Å². The maximum Gasteiger partial charge on any atom is 0.0453 e. The fourth-order valence-electron chi connectivity index (χ4n) is 2.14. The highest BCUT2D eigenvalue weighted by molar-refractivity contribution is 7.99. The van der Waals surface area contributed by atoms with Gasteiger partial charge in [-0.2, -0.15) is 0 Å². The van der Waals surface area contributed by atoms with Crippen molar-refractivity contribution in [3.8, 4) is 0 Å². The van der Waals surface area contributed by atoms with Crippen molar-refractivity contribution in [2.45, 2.75) is 51.3 Å². The van der Waals surface area contributed by atoms with Gasteiger partial charge in [0.15, 0.2) is 0 Å². The van der Waals surface area contributed by atoms with Gasteiger partial charge in [0.1, 0.15) is 0 Å². The predicted molar refractivity (Wildman–Crippen MR) is 89.3 cm³/mol. The largest absolute Gasteiger partial charge is 0.398 e. The molecule has 2 N–H and O–H groups in total. The summed E-state index contributed by atoms with van der Waals surface area (Å²) in [4.78, 5) is 3.60. The molecular formula is C16H28N2S. The first-order chi connectivity index (χ1) is 9.22. The zero-order valence-corrected chi connectivity index (χ0v) is 13.4. The number of rotatable bonds is 9. The molecule has 19 heavy (non-hydrogen) atoms. The lowest BCUT2D eigenvalue weighted by atomic mass is 10.2. The van der Waals surface area contributed by atoms with Gasteiger partial charge < -0.3 is 10.6 Å². The normalized spacial score (nSPS) is 10.7. The molecule has 0 amide bonds. The van der Waals surface area contributed by atoms with Crippen molar-refractivity contribution in [2.24, 2.45) is 0 Å². The minimum absolute atomic E-state index is 0.913. The summed E-state index contributed by atoms with van der Waals surface area (Å²) >= 11 is 1.90. The Morgan fingerprint density at radius 1 is 1.05 bits per heavy atom. The van der Waals surface area contributed by atoms with Gasteiger partial charge in [-0.1, -0.05) is 26.2 Å². The molecule has 0 spiro atoms. The van der Waals surface area contributed by atoms with E-state index in [2.05, 4.69) is 37.8 Å². The van der Waals surface area contributed by atoms with Gasteiger partial charge in [0.2, 0.25) is 0 Å². The molecule has 1 aromatic carbocycles. The molecule has 3 heteroatoms. The van der Waals surface area contributed by atoms with Crippen LogP contribution in [0.25, 0.3) is 0 Å². The molecule has 108 valence electrons. The predicted octanol–water partition coefficient (Wildman–Crippen LogP) is 4.79. The summed E-state index contributed by atoms with van der Waals surface area (Å²) in [7, 11) is 0. The van der Waals surface area contributed by atoms with Crippen LogP contribution in [0, 0.1) is 0 Å². The highest BCUT2D eigenvalue weighted by atomic mass is 32.2. The maximum atomic E-state index is 6.07. The van der Waals surface area contributed by atoms with Crippen molar-refractivity contribution in [3.63, 3.8) is 0 Å². The molecule has 0 fully saturated rings. The van der Waals surface area contributed by atoms with E-state index in [4.69, 9.17) is 5.73 Å². The Kier molecular flexibility index (Phi) is 7.80. The summed E-state index contributed by atoms with van der Waals surface area (Å²) in [5, 5.41) is 0. The number of nitrogens with zero attached hydrogens (tertiary/aromatic N) is 1. The van der Waals surface area contributed by atoms with E-state index in [1.165, 1.54) is 42.0 Å². The second-order valence-corrected chi connectivity index (χ2v) is 5.94. The number of benzene rings is 1. The van der Waals surface area contributed by atoms with Gasteiger partial charge in [-0.05, 0) is 44.2 Å². The number of unbranched alkanes of at least 4 members (excludes halogenated alkanes) is 3. The summed E-state index contributed by atoms with van der Waals surface area (Å²) in [6.45, 7) is 8.72. The molecule has 0 aliphatic rings. The van der Waals surface area contributed by atoms with E-state index in [1.807, 2.05) is 17.8 Å². The lowest BCUT2D eigenvalue weighted by Gasteiger charge is -2.22. The Balaban J connectivity index is 2.59. The van der Waals surface area contributed by atoms with Crippen LogP contribution in [0.5, 0.6) is 0 Å². The van der Waals surface area contributed by atoms with Crippen LogP contribution >= 0.6 is 11.8 Å². The van der Waals surface area contributed by atoms with Gasteiger partial charge in [0.05, 0.1) is 0 Å². The Morgan fingerprint density at radius 2 is 1.79 bits per heavy atom. The lowest BCUT2D eigenvalue weighted by Crippen LogP contribution is -2.21. The number of hydrogen-bond acceptors (Lipinski definition) is 3. The van der Waals surface area contributed by atoms with E-state index in [1.54, 1.807) is 0 Å². The topological polar surface area (TPSA) is 29.3 Å². The van der Waals surface area contributed by atoms with Gasteiger partial charge in [-0.25, -0.2) is 0 Å². The molecule has 1 rings (SSSR count). The molecule has 2 nitrogen and oxygen atoms in total. The quantitative estimate of drug-likeness (QED) is 0.401. The molecule has 1 aromatic rings. The van der Waals surface area contributed by atoms with Gasteiger partial charge in [-0.3, -0.25) is 0 Å². The molecule has 0 bridgehead atoms. The summed E-state index contributed by atoms with van der Waals surface area (Å²) < 4.78 is 0. The third-order valence-corrected chi connectivity index (χ3v) is 4.54. The second-order valence-electron chi connectivity index (χ2n) is 4.80. The molecule has 0 atom stereocenters. The third kappa shape index (κ3) is 5.35. The number of nitrogen functional groups attached to an aromatic ring is 1. The molecule has 0 aliphatic heterocycles. The van der Waals surface area contributed by atoms with Crippen LogP contribution in [0.15, 0.2) is 23.1 Å². The average Bonchev–Trinajstić information content (AvgIpc) is 2.43. The van der Waals surface area contributed by atoms with Crippen LogP contribution < -0.4 is 10.6 Å².